The SMILES string of the molecule is C=C(F)C(=O)N1CCN(c2nc(OC[C@]3(COC)CCCO3)nc3c2CCN(c2ccc(F)c4cccc(Cl)c24)C3)C[C@@H]1CC#N. The Morgan fingerprint density at radius 1 is 1.22 bits per heavy atom. The van der Waals surface area contributed by atoms with Crippen LogP contribution in [0.4, 0.5) is 20.3 Å². The molecule has 2 saturated heterocycles. The lowest BCUT2D eigenvalue weighted by molar-refractivity contribution is -0.131. The van der Waals surface area contributed by atoms with Crippen molar-refractivity contribution in [3.63, 3.8) is 0 Å². The van der Waals surface area contributed by atoms with Crippen LogP contribution < -0.4 is 14.5 Å². The second-order valence-electron chi connectivity index (χ2n) is 11.9. The molecule has 46 heavy (non-hydrogen) atoms. The van der Waals surface area contributed by atoms with Crippen molar-refractivity contribution >= 4 is 39.8 Å². The molecular weight excluding hydrogens is 618 g/mol. The number of aromatic nitrogens is 2. The number of amides is 1. The van der Waals surface area contributed by atoms with E-state index >= 15 is 0 Å². The zero-order valence-electron chi connectivity index (χ0n) is 25.6. The molecule has 0 bridgehead atoms. The first-order valence-corrected chi connectivity index (χ1v) is 15.7. The number of ether oxygens (including phenoxy) is 3. The minimum absolute atomic E-state index is 0.0230. The van der Waals surface area contributed by atoms with Crippen molar-refractivity contribution in [2.24, 2.45) is 0 Å². The van der Waals surface area contributed by atoms with E-state index in [1.807, 2.05) is 4.90 Å². The second kappa shape index (κ2) is 13.4. The van der Waals surface area contributed by atoms with Gasteiger partial charge >= 0.3 is 6.01 Å². The fourth-order valence-electron chi connectivity index (χ4n) is 6.73. The van der Waals surface area contributed by atoms with Crippen molar-refractivity contribution in [2.45, 2.75) is 43.9 Å². The number of anilines is 2. The van der Waals surface area contributed by atoms with Crippen LogP contribution in [-0.4, -0.2) is 85.5 Å². The number of nitrogens with zero attached hydrogens (tertiary/aromatic N) is 6. The molecule has 2 aromatic carbocycles. The Bertz CT molecular complexity index is 1690. The first-order chi connectivity index (χ1) is 22.2. The molecule has 6 rings (SSSR count). The number of piperazine rings is 1. The van der Waals surface area contributed by atoms with Crippen molar-refractivity contribution < 1.29 is 27.8 Å². The van der Waals surface area contributed by atoms with Gasteiger partial charge in [-0.3, -0.25) is 4.79 Å². The molecule has 0 radical (unpaired) electrons. The Morgan fingerprint density at radius 3 is 2.80 bits per heavy atom. The summed E-state index contributed by atoms with van der Waals surface area (Å²) in [5, 5.41) is 11.0. The molecule has 2 fully saturated rings. The van der Waals surface area contributed by atoms with Gasteiger partial charge in [-0.2, -0.15) is 15.2 Å². The second-order valence-corrected chi connectivity index (χ2v) is 12.3. The van der Waals surface area contributed by atoms with E-state index in [1.54, 1.807) is 31.4 Å². The Kier molecular flexibility index (Phi) is 9.27. The fourth-order valence-corrected chi connectivity index (χ4v) is 7.00. The maximum atomic E-state index is 14.8. The number of fused-ring (bicyclic) bond motifs is 2. The molecule has 13 heteroatoms. The molecular formula is C33H35ClF2N6O4. The van der Waals surface area contributed by atoms with Gasteiger partial charge in [0.1, 0.15) is 23.8 Å². The maximum absolute atomic E-state index is 14.8. The molecule has 1 amide bonds. The Hall–Kier alpha value is -4.05. The van der Waals surface area contributed by atoms with Gasteiger partial charge in [-0.25, -0.2) is 8.78 Å². The zero-order chi connectivity index (χ0) is 32.4. The highest BCUT2D eigenvalue weighted by Gasteiger charge is 2.38. The molecule has 3 aliphatic rings. The van der Waals surface area contributed by atoms with Gasteiger partial charge in [0.05, 0.1) is 42.4 Å². The van der Waals surface area contributed by atoms with E-state index in [0.29, 0.717) is 60.9 Å². The normalized spacial score (nSPS) is 21.3. The molecule has 1 aromatic heterocycles. The van der Waals surface area contributed by atoms with E-state index in [9.17, 15) is 18.8 Å². The maximum Gasteiger partial charge on any atom is 0.318 e. The Morgan fingerprint density at radius 2 is 2.07 bits per heavy atom. The van der Waals surface area contributed by atoms with Crippen molar-refractivity contribution in [3.05, 3.63) is 64.8 Å². The number of hydrogen-bond donors (Lipinski definition) is 0. The van der Waals surface area contributed by atoms with Gasteiger partial charge < -0.3 is 28.9 Å². The third kappa shape index (κ3) is 6.19. The standard InChI is InChI=1S/C33H35ClF2N6O4/c1-21(35)31(43)42-15-14-41(17-22(42)9-12-37)30-24-10-13-40(28-8-7-26(36)23-5-3-6-25(34)29(23)28)18-27(24)38-32(39-30)45-20-33(19-44-2)11-4-16-46-33/h3,5-8,22H,1,4,9-11,13-20H2,2H3/t22-,33+/m0/s1. The van der Waals surface area contributed by atoms with E-state index in [1.165, 1.54) is 11.0 Å². The van der Waals surface area contributed by atoms with E-state index < -0.39 is 23.4 Å². The zero-order valence-corrected chi connectivity index (χ0v) is 26.4. The number of halogens is 3. The summed E-state index contributed by atoms with van der Waals surface area (Å²) in [7, 11) is 1.62. The molecule has 242 valence electrons. The van der Waals surface area contributed by atoms with Crippen molar-refractivity contribution in [1.29, 1.82) is 5.26 Å². The summed E-state index contributed by atoms with van der Waals surface area (Å²) >= 11 is 6.59. The lowest BCUT2D eigenvalue weighted by atomic mass is 10.0. The van der Waals surface area contributed by atoms with E-state index in [4.69, 9.17) is 35.8 Å². The number of carbonyl (C=O) groups excluding carboxylic acids is 1. The average molecular weight is 653 g/mol. The summed E-state index contributed by atoms with van der Waals surface area (Å²) in [6.45, 7) is 6.13. The summed E-state index contributed by atoms with van der Waals surface area (Å²) in [6, 6.07) is 10.1. The third-order valence-electron chi connectivity index (χ3n) is 8.94. The van der Waals surface area contributed by atoms with Crippen molar-refractivity contribution in [3.8, 4) is 12.1 Å². The summed E-state index contributed by atoms with van der Waals surface area (Å²) < 4.78 is 46.3. The highest BCUT2D eigenvalue weighted by atomic mass is 35.5. The van der Waals surface area contributed by atoms with Gasteiger partial charge in [0, 0.05) is 61.9 Å². The first-order valence-electron chi connectivity index (χ1n) is 15.3. The monoisotopic (exact) mass is 652 g/mol. The highest BCUT2D eigenvalue weighted by Crippen LogP contribution is 2.38. The van der Waals surface area contributed by atoms with E-state index in [-0.39, 0.29) is 37.9 Å². The topological polar surface area (TPSA) is 104 Å². The van der Waals surface area contributed by atoms with Crippen LogP contribution in [0.2, 0.25) is 5.02 Å². The minimum atomic E-state index is -1.06. The number of benzene rings is 2. The summed E-state index contributed by atoms with van der Waals surface area (Å²) in [6.07, 6.45) is 2.25. The molecule has 0 saturated carbocycles. The Balaban J connectivity index is 1.36. The molecule has 0 unspecified atom stereocenters. The lowest BCUT2D eigenvalue weighted by Gasteiger charge is -2.42. The van der Waals surface area contributed by atoms with Gasteiger partial charge in [-0.15, -0.1) is 0 Å². The molecule has 3 aromatic rings. The van der Waals surface area contributed by atoms with Gasteiger partial charge in [0.2, 0.25) is 0 Å². The number of hydrogen-bond acceptors (Lipinski definition) is 9. The van der Waals surface area contributed by atoms with Crippen LogP contribution in [0.15, 0.2) is 42.7 Å². The lowest BCUT2D eigenvalue weighted by Crippen LogP contribution is -2.55. The van der Waals surface area contributed by atoms with E-state index in [0.717, 1.165) is 29.8 Å². The van der Waals surface area contributed by atoms with Crippen LogP contribution in [-0.2, 0) is 27.2 Å². The van der Waals surface area contributed by atoms with Crippen LogP contribution in [0.5, 0.6) is 6.01 Å². The van der Waals surface area contributed by atoms with Gasteiger partial charge in [0.25, 0.3) is 5.91 Å². The molecule has 10 nitrogen and oxygen atoms in total. The number of nitriles is 1. The van der Waals surface area contributed by atoms with Crippen LogP contribution in [0.25, 0.3) is 10.8 Å². The quantitative estimate of drug-likeness (QED) is 0.296. The minimum Gasteiger partial charge on any atom is -0.460 e. The summed E-state index contributed by atoms with van der Waals surface area (Å²) in [5.74, 6) is -1.57. The average Bonchev–Trinajstić information content (AvgIpc) is 3.52. The van der Waals surface area contributed by atoms with Gasteiger partial charge in [0.15, 0.2) is 5.83 Å². The smallest absolute Gasteiger partial charge is 0.318 e. The van der Waals surface area contributed by atoms with Gasteiger partial charge in [-0.1, -0.05) is 30.3 Å². The Labute approximate surface area is 271 Å². The molecule has 4 heterocycles. The molecule has 0 N–H and O–H groups in total. The van der Waals surface area contributed by atoms with E-state index in [2.05, 4.69) is 17.5 Å². The van der Waals surface area contributed by atoms with Crippen LogP contribution >= 0.6 is 11.6 Å². The molecule has 3 aliphatic heterocycles. The van der Waals surface area contributed by atoms with Crippen LogP contribution in [0.1, 0.15) is 30.5 Å². The highest BCUT2D eigenvalue weighted by molar-refractivity contribution is 6.36. The fraction of sp³-hybridized carbons (Fsp3) is 0.455. The molecule has 2 atom stereocenters. The van der Waals surface area contributed by atoms with Crippen molar-refractivity contribution in [1.82, 2.24) is 14.9 Å². The van der Waals surface area contributed by atoms with Gasteiger partial charge in [-0.05, 0) is 37.5 Å². The molecule has 0 aliphatic carbocycles. The third-order valence-corrected chi connectivity index (χ3v) is 9.25. The predicted octanol–water partition coefficient (Wildman–Crippen LogP) is 4.97. The largest absolute Gasteiger partial charge is 0.460 e. The molecule has 0 spiro atoms. The van der Waals surface area contributed by atoms with Crippen molar-refractivity contribution in [2.75, 3.05) is 62.9 Å². The summed E-state index contributed by atoms with van der Waals surface area (Å²) in [5.41, 5.74) is 1.83. The predicted molar refractivity (Wildman–Crippen MR) is 169 cm³/mol. The van der Waals surface area contributed by atoms with Crippen LogP contribution in [0, 0.1) is 17.1 Å². The number of carbonyl (C=O) groups is 1. The number of methoxy groups -OCH3 is 1. The number of rotatable bonds is 9. The first kappa shape index (κ1) is 31.9. The van der Waals surface area contributed by atoms with Crippen LogP contribution in [0.3, 0.4) is 0 Å². The summed E-state index contributed by atoms with van der Waals surface area (Å²) in [4.78, 5) is 27.7.